The third-order valence-corrected chi connectivity index (χ3v) is 7.13. The number of aromatic nitrogens is 3. The molecule has 1 atom stereocenters. The van der Waals surface area contributed by atoms with Crippen LogP contribution in [0.15, 0.2) is 113 Å². The van der Waals surface area contributed by atoms with Gasteiger partial charge in [0.1, 0.15) is 0 Å². The predicted octanol–water partition coefficient (Wildman–Crippen LogP) is 6.05. The summed E-state index contributed by atoms with van der Waals surface area (Å²) in [6, 6.07) is 34.2. The van der Waals surface area contributed by atoms with Crippen molar-refractivity contribution in [3.8, 4) is 5.69 Å². The van der Waals surface area contributed by atoms with E-state index in [1.54, 1.807) is 0 Å². The van der Waals surface area contributed by atoms with E-state index in [2.05, 4.69) is 50.3 Å². The summed E-state index contributed by atoms with van der Waals surface area (Å²) in [7, 11) is 0. The molecule has 1 amide bonds. The number of nitrogens with one attached hydrogen (secondary N) is 2. The smallest absolute Gasteiger partial charge is 0.253 e. The Morgan fingerprint density at radius 2 is 1.58 bits per heavy atom. The van der Waals surface area contributed by atoms with E-state index in [-0.39, 0.29) is 5.91 Å². The summed E-state index contributed by atoms with van der Waals surface area (Å²) in [4.78, 5) is 13.0. The number of carbonyl (C=O) groups excluding carboxylic acids is 1. The topological polar surface area (TPSA) is 84.2 Å². The summed E-state index contributed by atoms with van der Waals surface area (Å²) >= 11 is 1.35. The molecule has 0 unspecified atom stereocenters. The summed E-state index contributed by atoms with van der Waals surface area (Å²) < 4.78 is 1.98. The molecule has 5 rings (SSSR count). The number of rotatable bonds is 9. The van der Waals surface area contributed by atoms with Crippen molar-refractivity contribution in [3.05, 3.63) is 115 Å². The van der Waals surface area contributed by atoms with E-state index in [0.29, 0.717) is 11.7 Å². The maximum atomic E-state index is 13.0. The number of fused-ring (bicyclic) bond motifs is 1. The van der Waals surface area contributed by atoms with Crippen LogP contribution in [0, 0.1) is 0 Å². The number of hydrogen-bond donors (Lipinski definition) is 2. The molecule has 0 bridgehead atoms. The van der Waals surface area contributed by atoms with Gasteiger partial charge in [0.15, 0.2) is 11.0 Å². The third kappa shape index (κ3) is 5.92. The van der Waals surface area contributed by atoms with Gasteiger partial charge >= 0.3 is 0 Å². The van der Waals surface area contributed by atoms with Crippen LogP contribution in [0.4, 0.5) is 5.69 Å². The fourth-order valence-corrected chi connectivity index (χ4v) is 4.87. The second kappa shape index (κ2) is 11.7. The van der Waals surface area contributed by atoms with Crippen molar-refractivity contribution in [1.82, 2.24) is 20.2 Å². The number of carbonyl (C=O) groups is 1. The van der Waals surface area contributed by atoms with Crippen LogP contribution < -0.4 is 10.7 Å². The minimum absolute atomic E-state index is 0.207. The quantitative estimate of drug-likeness (QED) is 0.140. The minimum Gasteiger partial charge on any atom is -0.378 e. The van der Waals surface area contributed by atoms with Crippen LogP contribution in [0.3, 0.4) is 0 Å². The first-order valence-corrected chi connectivity index (χ1v) is 13.2. The highest BCUT2D eigenvalue weighted by atomic mass is 32.2. The van der Waals surface area contributed by atoms with E-state index in [1.807, 2.05) is 97.3 Å². The van der Waals surface area contributed by atoms with E-state index in [1.165, 1.54) is 17.1 Å². The molecule has 0 saturated carbocycles. The normalized spacial score (nSPS) is 12.3. The summed E-state index contributed by atoms with van der Waals surface area (Å²) in [6.45, 7) is 4.22. The van der Waals surface area contributed by atoms with Crippen LogP contribution in [-0.4, -0.2) is 31.6 Å². The molecule has 1 heterocycles. The number of hydrogen-bond acceptors (Lipinski definition) is 6. The van der Waals surface area contributed by atoms with E-state index in [9.17, 15) is 4.79 Å². The molecule has 0 aliphatic rings. The molecule has 0 aliphatic heterocycles. The lowest BCUT2D eigenvalue weighted by atomic mass is 10.0. The van der Waals surface area contributed by atoms with Gasteiger partial charge in [-0.1, -0.05) is 84.6 Å². The van der Waals surface area contributed by atoms with E-state index < -0.39 is 5.25 Å². The van der Waals surface area contributed by atoms with Gasteiger partial charge in [0.25, 0.3) is 5.91 Å². The number of anilines is 1. The zero-order valence-corrected chi connectivity index (χ0v) is 22.0. The minimum atomic E-state index is -0.440. The van der Waals surface area contributed by atoms with Crippen molar-refractivity contribution < 1.29 is 4.79 Å². The highest BCUT2D eigenvalue weighted by Crippen LogP contribution is 2.26. The van der Waals surface area contributed by atoms with Gasteiger partial charge in [-0.05, 0) is 60.5 Å². The maximum Gasteiger partial charge on any atom is 0.253 e. The molecule has 8 heteroatoms. The summed E-state index contributed by atoms with van der Waals surface area (Å²) in [6.07, 6.45) is 0. The van der Waals surface area contributed by atoms with Crippen LogP contribution >= 0.6 is 11.8 Å². The predicted molar refractivity (Wildman–Crippen MR) is 155 cm³/mol. The highest BCUT2D eigenvalue weighted by Gasteiger charge is 2.21. The average molecular weight is 521 g/mol. The standard InChI is InChI=1S/C30H28N6OS/c1-21(24-18-17-23-11-9-10-12-25(23)19-24)32-34-29(37)22(2)38-30-35-33-28(20-31-26-13-5-3-6-14-26)36(30)27-15-7-4-8-16-27/h3-19,22,31H,20H2,1-2H3,(H,34,37)/b32-21-/t22-/m0/s1. The summed E-state index contributed by atoms with van der Waals surface area (Å²) in [5.74, 6) is 0.544. The lowest BCUT2D eigenvalue weighted by Gasteiger charge is -2.13. The number of benzene rings is 4. The fourth-order valence-electron chi connectivity index (χ4n) is 3.99. The number of hydrazone groups is 1. The van der Waals surface area contributed by atoms with E-state index in [0.717, 1.165) is 33.9 Å². The molecule has 7 nitrogen and oxygen atoms in total. The molecule has 0 spiro atoms. The Bertz CT molecular complexity index is 1570. The highest BCUT2D eigenvalue weighted by molar-refractivity contribution is 8.00. The first-order chi connectivity index (χ1) is 18.6. The first kappa shape index (κ1) is 25.2. The summed E-state index contributed by atoms with van der Waals surface area (Å²) in [5, 5.41) is 19.1. The Hall–Kier alpha value is -4.43. The SMILES string of the molecule is C/C(=N/NC(=O)[C@H](C)Sc1nnc(CNc2ccccc2)n1-c1ccccc1)c1ccc2ccccc2c1. The number of amides is 1. The van der Waals surface area contributed by atoms with Crippen molar-refractivity contribution in [1.29, 1.82) is 0 Å². The van der Waals surface area contributed by atoms with Gasteiger partial charge in [-0.25, -0.2) is 5.43 Å². The Labute approximate surface area is 226 Å². The molecular formula is C30H28N6OS. The first-order valence-electron chi connectivity index (χ1n) is 12.4. The molecule has 0 saturated heterocycles. The lowest BCUT2D eigenvalue weighted by Crippen LogP contribution is -2.28. The van der Waals surface area contributed by atoms with E-state index >= 15 is 0 Å². The molecule has 190 valence electrons. The Morgan fingerprint density at radius 1 is 0.895 bits per heavy atom. The number of thioether (sulfide) groups is 1. The molecule has 0 aliphatic carbocycles. The Kier molecular flexibility index (Phi) is 7.80. The third-order valence-electron chi connectivity index (χ3n) is 6.09. The average Bonchev–Trinajstić information content (AvgIpc) is 3.37. The summed E-state index contributed by atoms with van der Waals surface area (Å²) in [5.41, 5.74) is 6.35. The zero-order valence-electron chi connectivity index (χ0n) is 21.2. The molecule has 38 heavy (non-hydrogen) atoms. The van der Waals surface area contributed by atoms with Gasteiger partial charge in [-0.15, -0.1) is 10.2 Å². The molecular weight excluding hydrogens is 492 g/mol. The van der Waals surface area contributed by atoms with Gasteiger partial charge < -0.3 is 5.32 Å². The lowest BCUT2D eigenvalue weighted by molar-refractivity contribution is -0.120. The second-order valence-corrected chi connectivity index (χ2v) is 10.1. The van der Waals surface area contributed by atoms with Gasteiger partial charge in [0, 0.05) is 11.4 Å². The fraction of sp³-hybridized carbons (Fsp3) is 0.133. The zero-order chi connectivity index (χ0) is 26.3. The molecule has 4 aromatic carbocycles. The molecule has 1 aromatic heterocycles. The Morgan fingerprint density at radius 3 is 2.34 bits per heavy atom. The molecule has 5 aromatic rings. The van der Waals surface area contributed by atoms with Crippen molar-refractivity contribution in [2.24, 2.45) is 5.10 Å². The maximum absolute atomic E-state index is 13.0. The van der Waals surface area contributed by atoms with Crippen molar-refractivity contribution >= 4 is 39.8 Å². The molecule has 0 fully saturated rings. The molecule has 2 N–H and O–H groups in total. The van der Waals surface area contributed by atoms with Gasteiger partial charge in [-0.3, -0.25) is 9.36 Å². The van der Waals surface area contributed by atoms with Gasteiger partial charge in [0.2, 0.25) is 0 Å². The van der Waals surface area contributed by atoms with Crippen molar-refractivity contribution in [3.63, 3.8) is 0 Å². The van der Waals surface area contributed by atoms with E-state index in [4.69, 9.17) is 0 Å². The monoisotopic (exact) mass is 520 g/mol. The van der Waals surface area contributed by atoms with Crippen molar-refractivity contribution in [2.75, 3.05) is 5.32 Å². The van der Waals surface area contributed by atoms with Gasteiger partial charge in [0.05, 0.1) is 17.5 Å². The van der Waals surface area contributed by atoms with Crippen LogP contribution in [0.25, 0.3) is 16.5 Å². The number of para-hydroxylation sites is 2. The second-order valence-electron chi connectivity index (χ2n) is 8.78. The Balaban J connectivity index is 1.30. The van der Waals surface area contributed by atoms with Crippen LogP contribution in [0.5, 0.6) is 0 Å². The van der Waals surface area contributed by atoms with Crippen LogP contribution in [0.1, 0.15) is 25.2 Å². The number of nitrogens with zero attached hydrogens (tertiary/aromatic N) is 4. The van der Waals surface area contributed by atoms with Crippen LogP contribution in [-0.2, 0) is 11.3 Å². The van der Waals surface area contributed by atoms with Crippen LogP contribution in [0.2, 0.25) is 0 Å². The van der Waals surface area contributed by atoms with Gasteiger partial charge in [-0.2, -0.15) is 5.10 Å². The largest absolute Gasteiger partial charge is 0.378 e. The molecule has 0 radical (unpaired) electrons. The van der Waals surface area contributed by atoms with Crippen molar-refractivity contribution in [2.45, 2.75) is 30.8 Å².